The number of hydrogen-bond donors (Lipinski definition) is 26. The highest BCUT2D eigenvalue weighted by atomic mass is 32.2. The number of ether oxygens (including phenoxy) is 14. The number of nitrogens with one attached hydrogen (secondary N) is 8. The second kappa shape index (κ2) is 46.8. The third kappa shape index (κ3) is 25.6. The number of urea groups is 1. The lowest BCUT2D eigenvalue weighted by Gasteiger charge is -2.48. The third-order valence-electron chi connectivity index (χ3n) is 21.7. The number of fused-ring (bicyclic) bond motifs is 1. The largest absolute Gasteiger partial charge is 0.484 e. The van der Waals surface area contributed by atoms with Crippen molar-refractivity contribution >= 4 is 53.2 Å². The van der Waals surface area contributed by atoms with Crippen LogP contribution in [0.2, 0.25) is 0 Å². The van der Waals surface area contributed by atoms with E-state index in [-0.39, 0.29) is 105 Å². The molecule has 8 aliphatic rings. The first-order valence-corrected chi connectivity index (χ1v) is 41.4. The molecule has 18 unspecified atom stereocenters. The van der Waals surface area contributed by atoms with Crippen LogP contribution in [0.5, 0.6) is 11.5 Å². The van der Waals surface area contributed by atoms with Crippen LogP contribution in [0.3, 0.4) is 0 Å². The number of aliphatic hydroxyl groups is 18. The van der Waals surface area contributed by atoms with Gasteiger partial charge in [-0.05, 0) is 67.1 Å². The standard InChI is InChI=1S/C75H114N8O39S/c1-31(90)80-50-56(99)64(119-73-62(105)66(54(97)41(24-86)115-73)121-71-60(103)58(101)52(95)39(22-84)113-71)43(26-88)117-69(50)109-16-6-12-76-47(93)28-111-36-9-5-8-33(19-36)34-18-35(68(107)79-15-14-78-46(92)11-4-3-10-45-49-38(30-123-45)82-75(108)83-49)21-37(20-34)112-29-48(94)77-13-7-17-110-70-51(81-32(2)91)57(100)65(44(27-89)118-70)120-74-63(106)67(55(98)42(25-87)116-74)122-72-61(104)59(102)53(96)40(23-85)114-72/h5,8-9,18-21,38-45,49-67,69-74,84-89,95-106H,3-4,6-7,10-17,22-30H2,1-2H3,(H,76,93)(H,77,94)(H,78,92)(H,79,107)(H,80,90)(H,81,91)(H2,82,83,108)/t38-,39?,40?,41?,42?,43?,44?,45-,49-,50?,51?,52-,53-,54-,55-,56?,57?,58?,59?,60?,61?,62?,63?,64+,65+,66?,67?,69+,70+,71+,72+,73-,74-/m0/s1. The van der Waals surface area contributed by atoms with E-state index in [1.165, 1.54) is 18.2 Å². The van der Waals surface area contributed by atoms with Crippen LogP contribution >= 0.6 is 11.8 Å². The molecule has 8 amide bonds. The number of amides is 8. The molecule has 8 heterocycles. The van der Waals surface area contributed by atoms with Crippen LogP contribution in [0.15, 0.2) is 42.5 Å². The first kappa shape index (κ1) is 98.5. The number of rotatable bonds is 42. The Bertz CT molecular complexity index is 3730. The number of aliphatic hydroxyl groups excluding tert-OH is 18. The first-order valence-electron chi connectivity index (χ1n) is 40.3. The number of carbonyl (C=O) groups is 7. The molecule has 47 nitrogen and oxygen atoms in total. The number of unbranched alkanes of at least 4 members (excludes halogenated alkanes) is 1. The third-order valence-corrected chi connectivity index (χ3v) is 23.2. The van der Waals surface area contributed by atoms with Gasteiger partial charge >= 0.3 is 6.03 Å². The Morgan fingerprint density at radius 2 is 0.862 bits per heavy atom. The van der Waals surface area contributed by atoms with E-state index in [9.17, 15) is 125 Å². The predicted molar refractivity (Wildman–Crippen MR) is 411 cm³/mol. The van der Waals surface area contributed by atoms with Crippen LogP contribution < -0.4 is 52.0 Å². The van der Waals surface area contributed by atoms with Gasteiger partial charge in [-0.25, -0.2) is 4.79 Å². The Balaban J connectivity index is 0.711. The summed E-state index contributed by atoms with van der Waals surface area (Å²) >= 11 is 1.78. The second-order valence-corrected chi connectivity index (χ2v) is 31.8. The molecule has 8 aliphatic heterocycles. The van der Waals surface area contributed by atoms with E-state index in [0.29, 0.717) is 17.5 Å². The van der Waals surface area contributed by atoms with Crippen LogP contribution in [0.4, 0.5) is 4.79 Å². The maximum atomic E-state index is 13.9. The Kier molecular flexibility index (Phi) is 37.5. The summed E-state index contributed by atoms with van der Waals surface area (Å²) in [5.41, 5.74) is 0.889. The molecule has 0 spiro atoms. The van der Waals surface area contributed by atoms with E-state index < -0.39 is 267 Å². The molecule has 0 radical (unpaired) electrons. The summed E-state index contributed by atoms with van der Waals surface area (Å²) in [5, 5.41) is 214. The molecule has 2 aromatic carbocycles. The topological polar surface area (TPSA) is 709 Å². The molecule has 123 heavy (non-hydrogen) atoms. The van der Waals surface area contributed by atoms with Gasteiger partial charge in [-0.15, -0.1) is 0 Å². The molecule has 2 aromatic rings. The van der Waals surface area contributed by atoms with Gasteiger partial charge < -0.3 is 201 Å². The van der Waals surface area contributed by atoms with Crippen LogP contribution in [0, 0.1) is 0 Å². The number of carbonyl (C=O) groups excluding carboxylic acids is 7. The van der Waals surface area contributed by atoms with E-state index >= 15 is 0 Å². The van der Waals surface area contributed by atoms with Crippen molar-refractivity contribution in [2.24, 2.45) is 0 Å². The van der Waals surface area contributed by atoms with E-state index in [0.717, 1.165) is 32.4 Å². The van der Waals surface area contributed by atoms with Crippen LogP contribution in [0.1, 0.15) is 62.7 Å². The van der Waals surface area contributed by atoms with Gasteiger partial charge in [0.15, 0.2) is 51.0 Å². The van der Waals surface area contributed by atoms with Gasteiger partial charge in [0.2, 0.25) is 17.7 Å². The highest BCUT2D eigenvalue weighted by Crippen LogP contribution is 2.38. The fraction of sp³-hybridized carbons (Fsp3) is 0.747. The molecular formula is C75H114N8O39S. The van der Waals surface area contributed by atoms with Gasteiger partial charge in [-0.1, -0.05) is 18.6 Å². The molecule has 48 heteroatoms. The molecule has 8 saturated heterocycles. The highest BCUT2D eigenvalue weighted by molar-refractivity contribution is 8.00. The number of hydrogen-bond acceptors (Lipinski definition) is 40. The minimum Gasteiger partial charge on any atom is -0.484 e. The van der Waals surface area contributed by atoms with Gasteiger partial charge in [0.25, 0.3) is 17.7 Å². The van der Waals surface area contributed by atoms with Crippen LogP contribution in [0.25, 0.3) is 11.1 Å². The van der Waals surface area contributed by atoms with E-state index in [4.69, 9.17) is 66.3 Å². The van der Waals surface area contributed by atoms with Gasteiger partial charge in [-0.2, -0.15) is 11.8 Å². The summed E-state index contributed by atoms with van der Waals surface area (Å²) in [6.07, 6.45) is -46.8. The zero-order valence-electron chi connectivity index (χ0n) is 67.0. The quantitative estimate of drug-likeness (QED) is 0.0217. The smallest absolute Gasteiger partial charge is 0.315 e. The highest BCUT2D eigenvalue weighted by Gasteiger charge is 2.57. The minimum atomic E-state index is -2.05. The molecule has 0 aromatic heterocycles. The monoisotopic (exact) mass is 1780 g/mol. The molecule has 10 rings (SSSR count). The molecule has 8 fully saturated rings. The molecule has 26 N–H and O–H groups in total. The zero-order chi connectivity index (χ0) is 89.0. The normalized spacial score (nSPS) is 36.8. The fourth-order valence-corrected chi connectivity index (χ4v) is 16.7. The van der Waals surface area contributed by atoms with Crippen molar-refractivity contribution in [3.05, 3.63) is 48.0 Å². The maximum absolute atomic E-state index is 13.9. The number of benzene rings is 2. The van der Waals surface area contributed by atoms with Crippen LogP contribution in [-0.2, 0) is 80.8 Å². The lowest BCUT2D eigenvalue weighted by atomic mass is 9.95. The Morgan fingerprint density at radius 1 is 0.431 bits per heavy atom. The first-order chi connectivity index (χ1) is 58.9. The van der Waals surface area contributed by atoms with Crippen molar-refractivity contribution in [3.63, 3.8) is 0 Å². The fourth-order valence-electron chi connectivity index (χ4n) is 15.2. The van der Waals surface area contributed by atoms with Crippen molar-refractivity contribution in [2.75, 3.05) is 98.0 Å². The van der Waals surface area contributed by atoms with Crippen molar-refractivity contribution in [1.29, 1.82) is 0 Å². The van der Waals surface area contributed by atoms with Gasteiger partial charge in [0.1, 0.15) is 158 Å². The van der Waals surface area contributed by atoms with E-state index in [2.05, 4.69) is 42.5 Å². The summed E-state index contributed by atoms with van der Waals surface area (Å²) in [5.74, 6) is -2.38. The molecule has 694 valence electrons. The van der Waals surface area contributed by atoms with E-state index in [1.807, 2.05) is 0 Å². The summed E-state index contributed by atoms with van der Waals surface area (Å²) in [7, 11) is 0. The average molecular weight is 1780 g/mol. The molecule has 0 saturated carbocycles. The molecular weight excluding hydrogens is 1670 g/mol. The van der Waals surface area contributed by atoms with Crippen molar-refractivity contribution in [3.8, 4) is 22.6 Å². The van der Waals surface area contributed by atoms with Gasteiger partial charge in [-0.3, -0.25) is 28.8 Å². The molecule has 0 bridgehead atoms. The van der Waals surface area contributed by atoms with Crippen molar-refractivity contribution < 1.29 is 192 Å². The second-order valence-electron chi connectivity index (χ2n) is 30.6. The lowest BCUT2D eigenvalue weighted by molar-refractivity contribution is -0.376. The summed E-state index contributed by atoms with van der Waals surface area (Å²) in [4.78, 5) is 90.3. The Labute approximate surface area is 707 Å². The van der Waals surface area contributed by atoms with Crippen molar-refractivity contribution in [1.82, 2.24) is 42.5 Å². The average Bonchev–Trinajstić information content (AvgIpc) is 1.19. The molecule has 33 atom stereocenters. The minimum absolute atomic E-state index is 0.00930. The molecule has 0 aliphatic carbocycles. The Morgan fingerprint density at radius 3 is 1.34 bits per heavy atom. The van der Waals surface area contributed by atoms with Gasteiger partial charge in [0.05, 0.1) is 64.9 Å². The Hall–Kier alpha value is -6.72. The summed E-state index contributed by atoms with van der Waals surface area (Å²) < 4.78 is 80.7. The zero-order valence-corrected chi connectivity index (χ0v) is 67.8. The summed E-state index contributed by atoms with van der Waals surface area (Å²) in [6, 6.07) is 7.90. The maximum Gasteiger partial charge on any atom is 0.315 e. The van der Waals surface area contributed by atoms with Gasteiger partial charge in [0, 0.05) is 63.0 Å². The lowest BCUT2D eigenvalue weighted by Crippen LogP contribution is -2.68. The van der Waals surface area contributed by atoms with Crippen molar-refractivity contribution in [2.45, 2.75) is 254 Å². The SMILES string of the molecule is CC(=O)NC1C(O)[C@H](O[C@@H]2OC(CO)[C@H](O)C(O[C@H]3OC(CO)[C@H](O)C(O)C3O)C2O)C(CO)O[C@H]1OCCCNC(=O)COc1cccc(-c2cc(OCC(=O)NCCCO[C@@H]3OC(CO)[C@@H](O[C@@H]4OC(CO)[C@H](O)C(O[C@H]5OC(CO)[C@H](O)C(O)C5O)C4O)C(O)C3NC(C)=O)cc(C(=O)NCCNC(=O)CCCC[C@@H]3SC[C@@H]4NC(=O)N[C@@H]43)c2)c1. The summed E-state index contributed by atoms with van der Waals surface area (Å²) in [6.45, 7) is -4.53. The van der Waals surface area contributed by atoms with E-state index in [1.54, 1.807) is 36.0 Å². The number of thioether (sulfide) groups is 1. The van der Waals surface area contributed by atoms with Crippen LogP contribution in [-0.4, -0.2) is 433 Å². The predicted octanol–water partition coefficient (Wildman–Crippen LogP) is -12.1.